The number of hydrogen-bond donors (Lipinski definition) is 1. The van der Waals surface area contributed by atoms with Crippen LogP contribution in [0.5, 0.6) is 17.2 Å². The molecule has 0 aliphatic carbocycles. The smallest absolute Gasteiger partial charge is 0.264 e. The first-order chi connectivity index (χ1) is 21.1. The summed E-state index contributed by atoms with van der Waals surface area (Å²) in [6, 6.07) is 29.7. The Balaban J connectivity index is 1.70. The van der Waals surface area contributed by atoms with Crippen molar-refractivity contribution < 1.29 is 27.5 Å². The molecule has 4 rings (SSSR count). The van der Waals surface area contributed by atoms with E-state index in [0.717, 1.165) is 9.87 Å². The lowest BCUT2D eigenvalue weighted by Crippen LogP contribution is -2.52. The predicted octanol–water partition coefficient (Wildman–Crippen LogP) is 5.62. The number of nitrogens with zero attached hydrogens (tertiary/aromatic N) is 2. The summed E-state index contributed by atoms with van der Waals surface area (Å²) in [7, 11) is -2.63. The number of hydrogen-bond acceptors (Lipinski definition) is 6. The second-order valence-corrected chi connectivity index (χ2v) is 12.3. The van der Waals surface area contributed by atoms with E-state index in [1.165, 1.54) is 17.0 Å². The normalized spacial score (nSPS) is 11.8. The van der Waals surface area contributed by atoms with Crippen LogP contribution in [0.1, 0.15) is 26.3 Å². The Hall–Kier alpha value is -4.83. The zero-order valence-corrected chi connectivity index (χ0v) is 26.0. The molecular formula is C34H37N3O6S. The molecule has 4 aromatic carbocycles. The van der Waals surface area contributed by atoms with Crippen molar-refractivity contribution in [1.29, 1.82) is 0 Å². The minimum absolute atomic E-state index is 0.0300. The van der Waals surface area contributed by atoms with Crippen molar-refractivity contribution in [2.24, 2.45) is 0 Å². The molecule has 230 valence electrons. The third-order valence-electron chi connectivity index (χ3n) is 6.80. The number of carbonyl (C=O) groups excluding carboxylic acids is 2. The summed E-state index contributed by atoms with van der Waals surface area (Å²) in [4.78, 5) is 28.6. The standard InChI is InChI=1S/C34H37N3O6S/c1-25(2)35-34(39)26(3)36(23-27-12-11-15-31(22-27)42-4)33(38)24-37(44(40,41)32-16-9-6-10-17-32)28-18-20-30(21-19-28)43-29-13-7-5-8-14-29/h5-22,25-26H,23-24H2,1-4H3,(H,35,39)/t26-/m0/s1. The molecule has 1 atom stereocenters. The van der Waals surface area contributed by atoms with Gasteiger partial charge < -0.3 is 19.7 Å². The predicted molar refractivity (Wildman–Crippen MR) is 170 cm³/mol. The van der Waals surface area contributed by atoms with Gasteiger partial charge in [-0.1, -0.05) is 48.5 Å². The van der Waals surface area contributed by atoms with E-state index < -0.39 is 28.5 Å². The first-order valence-electron chi connectivity index (χ1n) is 14.2. The number of methoxy groups -OCH3 is 1. The maximum absolute atomic E-state index is 14.1. The SMILES string of the molecule is COc1cccc(CN(C(=O)CN(c2ccc(Oc3ccccc3)cc2)S(=O)(=O)c2ccccc2)[C@@H](C)C(=O)NC(C)C)c1. The number of benzene rings is 4. The van der Waals surface area contributed by atoms with Crippen LogP contribution in [0.3, 0.4) is 0 Å². The Labute approximate surface area is 259 Å². The summed E-state index contributed by atoms with van der Waals surface area (Å²) in [5, 5.41) is 2.85. The van der Waals surface area contributed by atoms with Crippen LogP contribution in [0.15, 0.2) is 114 Å². The highest BCUT2D eigenvalue weighted by Gasteiger charge is 2.32. The lowest BCUT2D eigenvalue weighted by molar-refractivity contribution is -0.139. The Kier molecular flexibility index (Phi) is 10.6. The average molecular weight is 616 g/mol. The Morgan fingerprint density at radius 1 is 0.773 bits per heavy atom. The molecule has 0 saturated heterocycles. The largest absolute Gasteiger partial charge is 0.497 e. The van der Waals surface area contributed by atoms with Crippen molar-refractivity contribution in [2.45, 2.75) is 44.3 Å². The summed E-state index contributed by atoms with van der Waals surface area (Å²) in [5.74, 6) is 0.827. The van der Waals surface area contributed by atoms with E-state index in [4.69, 9.17) is 9.47 Å². The lowest BCUT2D eigenvalue weighted by Gasteiger charge is -2.32. The van der Waals surface area contributed by atoms with Crippen LogP contribution in [0.2, 0.25) is 0 Å². The van der Waals surface area contributed by atoms with Crippen molar-refractivity contribution >= 4 is 27.5 Å². The van der Waals surface area contributed by atoms with Crippen LogP contribution in [0.4, 0.5) is 5.69 Å². The number of sulfonamides is 1. The highest BCUT2D eigenvalue weighted by molar-refractivity contribution is 7.92. The molecule has 1 N–H and O–H groups in total. The molecule has 0 fully saturated rings. The van der Waals surface area contributed by atoms with Gasteiger partial charge in [-0.25, -0.2) is 8.42 Å². The summed E-state index contributed by atoms with van der Waals surface area (Å²) >= 11 is 0. The molecule has 10 heteroatoms. The van der Waals surface area contributed by atoms with E-state index in [0.29, 0.717) is 17.2 Å². The topological polar surface area (TPSA) is 105 Å². The Morgan fingerprint density at radius 2 is 1.36 bits per heavy atom. The highest BCUT2D eigenvalue weighted by Crippen LogP contribution is 2.28. The first kappa shape index (κ1) is 32.1. The van der Waals surface area contributed by atoms with E-state index in [2.05, 4.69) is 5.32 Å². The van der Waals surface area contributed by atoms with E-state index in [-0.39, 0.29) is 29.1 Å². The van der Waals surface area contributed by atoms with Crippen LogP contribution >= 0.6 is 0 Å². The molecular weight excluding hydrogens is 578 g/mol. The molecule has 0 aliphatic heterocycles. The maximum atomic E-state index is 14.1. The monoisotopic (exact) mass is 615 g/mol. The molecule has 9 nitrogen and oxygen atoms in total. The fourth-order valence-corrected chi connectivity index (χ4v) is 5.94. The fraction of sp³-hybridized carbons (Fsp3) is 0.235. The van der Waals surface area contributed by atoms with Crippen LogP contribution in [-0.2, 0) is 26.2 Å². The number of nitrogens with one attached hydrogen (secondary N) is 1. The number of anilines is 1. The van der Waals surface area contributed by atoms with Gasteiger partial charge in [0.15, 0.2) is 0 Å². The zero-order valence-electron chi connectivity index (χ0n) is 25.2. The molecule has 44 heavy (non-hydrogen) atoms. The van der Waals surface area contributed by atoms with Crippen molar-refractivity contribution in [2.75, 3.05) is 18.0 Å². The van der Waals surface area contributed by atoms with Crippen molar-refractivity contribution in [3.63, 3.8) is 0 Å². The van der Waals surface area contributed by atoms with Crippen molar-refractivity contribution in [3.05, 3.63) is 115 Å². The Bertz CT molecular complexity index is 1650. The number of para-hydroxylation sites is 1. The maximum Gasteiger partial charge on any atom is 0.264 e. The third kappa shape index (κ3) is 8.17. The molecule has 2 amide bonds. The highest BCUT2D eigenvalue weighted by atomic mass is 32.2. The van der Waals surface area contributed by atoms with E-state index in [9.17, 15) is 18.0 Å². The average Bonchev–Trinajstić information content (AvgIpc) is 3.03. The minimum atomic E-state index is -4.18. The molecule has 0 unspecified atom stereocenters. The molecule has 0 heterocycles. The van der Waals surface area contributed by atoms with Gasteiger partial charge in [0.05, 0.1) is 17.7 Å². The zero-order chi connectivity index (χ0) is 31.7. The summed E-state index contributed by atoms with van der Waals surface area (Å²) in [6.07, 6.45) is 0. The van der Waals surface area contributed by atoms with Crippen LogP contribution in [-0.4, -0.2) is 50.9 Å². The molecule has 0 aromatic heterocycles. The minimum Gasteiger partial charge on any atom is -0.497 e. The number of ether oxygens (including phenoxy) is 2. The second-order valence-electron chi connectivity index (χ2n) is 10.4. The second kappa shape index (κ2) is 14.6. The van der Waals surface area contributed by atoms with E-state index >= 15 is 0 Å². The molecule has 4 aromatic rings. The van der Waals surface area contributed by atoms with Gasteiger partial charge >= 0.3 is 0 Å². The van der Waals surface area contributed by atoms with Gasteiger partial charge in [-0.3, -0.25) is 13.9 Å². The molecule has 0 spiro atoms. The number of amides is 2. The van der Waals surface area contributed by atoms with Crippen molar-refractivity contribution in [1.82, 2.24) is 10.2 Å². The van der Waals surface area contributed by atoms with Gasteiger partial charge in [-0.2, -0.15) is 0 Å². The van der Waals surface area contributed by atoms with Crippen LogP contribution < -0.4 is 19.1 Å². The third-order valence-corrected chi connectivity index (χ3v) is 8.59. The molecule has 0 bridgehead atoms. The summed E-state index contributed by atoms with van der Waals surface area (Å²) in [5.41, 5.74) is 0.991. The van der Waals surface area contributed by atoms with Gasteiger partial charge in [0, 0.05) is 12.6 Å². The summed E-state index contributed by atoms with van der Waals surface area (Å²) < 4.78 is 40.2. The summed E-state index contributed by atoms with van der Waals surface area (Å²) in [6.45, 7) is 4.81. The van der Waals surface area contributed by atoms with E-state index in [1.807, 2.05) is 50.2 Å². The van der Waals surface area contributed by atoms with Gasteiger partial charge in [-0.15, -0.1) is 0 Å². The molecule has 0 saturated carbocycles. The van der Waals surface area contributed by atoms with Gasteiger partial charge in [0.2, 0.25) is 11.8 Å². The van der Waals surface area contributed by atoms with Gasteiger partial charge in [0.25, 0.3) is 10.0 Å². The quantitative estimate of drug-likeness (QED) is 0.209. The molecule has 0 radical (unpaired) electrons. The Morgan fingerprint density at radius 3 is 1.98 bits per heavy atom. The van der Waals surface area contributed by atoms with Gasteiger partial charge in [0.1, 0.15) is 29.8 Å². The first-order valence-corrected chi connectivity index (χ1v) is 15.7. The molecule has 0 aliphatic rings. The van der Waals surface area contributed by atoms with Crippen molar-refractivity contribution in [3.8, 4) is 17.2 Å². The number of rotatable bonds is 13. The van der Waals surface area contributed by atoms with Crippen LogP contribution in [0, 0.1) is 0 Å². The lowest BCUT2D eigenvalue weighted by atomic mass is 10.1. The van der Waals surface area contributed by atoms with E-state index in [1.54, 1.807) is 74.7 Å². The fourth-order valence-electron chi connectivity index (χ4n) is 4.51. The van der Waals surface area contributed by atoms with Crippen LogP contribution in [0.25, 0.3) is 0 Å². The van der Waals surface area contributed by atoms with Gasteiger partial charge in [-0.05, 0) is 87.0 Å². The number of carbonyl (C=O) groups is 2.